The Labute approximate surface area is 514 Å². The van der Waals surface area contributed by atoms with Crippen LogP contribution in [-0.2, 0) is 0 Å². The lowest BCUT2D eigenvalue weighted by Gasteiger charge is -2.35. The van der Waals surface area contributed by atoms with Gasteiger partial charge in [-0.3, -0.25) is 0 Å². The highest BCUT2D eigenvalue weighted by Gasteiger charge is 2.39. The SMILES string of the molecule is CCCCCCCCCCCC1c2cc3c4cc2OCOc2cc5c(cc21)C(CCCCCCCCCCC)c1cc2c(c(O)c1OCO5)OCOc1cc(c(cc1C2CCCCCCCCCCC)C3CCCCCCCCCCC)OCO4. The van der Waals surface area contributed by atoms with Crippen molar-refractivity contribution in [2.75, 3.05) is 27.2 Å². The predicted molar refractivity (Wildman–Crippen MR) is 347 cm³/mol. The molecule has 0 saturated carbocycles. The number of hydrogen-bond acceptors (Lipinski definition) is 9. The largest absolute Gasteiger partial charge is 0.502 e. The van der Waals surface area contributed by atoms with Crippen LogP contribution in [0.15, 0.2) is 42.5 Å². The van der Waals surface area contributed by atoms with Crippen molar-refractivity contribution in [3.63, 3.8) is 0 Å². The van der Waals surface area contributed by atoms with Gasteiger partial charge in [0.15, 0.2) is 11.5 Å². The Morgan fingerprint density at radius 3 is 0.671 bits per heavy atom. The molecule has 1 aliphatic carbocycles. The Bertz CT molecular complexity index is 2450. The first kappa shape index (κ1) is 64.6. The summed E-state index contributed by atoms with van der Waals surface area (Å²) in [6, 6.07) is 16.3. The molecule has 9 heteroatoms. The third-order valence-corrected chi connectivity index (χ3v) is 19.8. The summed E-state index contributed by atoms with van der Waals surface area (Å²) in [7, 11) is 0. The number of unbranched alkanes of at least 4 members (excludes halogenated alkanes) is 32. The van der Waals surface area contributed by atoms with Crippen LogP contribution in [0, 0.1) is 0 Å². The molecule has 4 atom stereocenters. The second kappa shape index (κ2) is 35.2. The van der Waals surface area contributed by atoms with Crippen LogP contribution in [0.1, 0.15) is 353 Å². The minimum atomic E-state index is -0.141. The highest BCUT2D eigenvalue weighted by molar-refractivity contribution is 5.67. The lowest BCUT2D eigenvalue weighted by molar-refractivity contribution is 0.0946. The third-order valence-electron chi connectivity index (χ3n) is 19.8. The van der Waals surface area contributed by atoms with Crippen molar-refractivity contribution in [2.24, 2.45) is 0 Å². The molecule has 0 aromatic heterocycles. The molecule has 0 spiro atoms. The standard InChI is InChI=1S/C76H112O9/c1-5-9-13-17-21-25-29-33-37-41-56-60-45-61-57(42-38-34-30-26-22-18-14-10-6-2)63-47-65-59(44-40-36-32-28-24-20-16-12-8-4)67-48-66-58(43-39-35-31-27-23-19-15-11-7-3)64-46-62(56)70-50-72(64)82-54-84-75(66)74(77)76(67)85-55-83-73(65)51-71(63)81-53-79-69(61)49-68(60)78-52-80-70/h45-51,56-59,77H,5-44,52-55H2,1-4H3. The number of benzene rings is 4. The summed E-state index contributed by atoms with van der Waals surface area (Å²) in [5, 5.41) is 13.0. The maximum atomic E-state index is 13.0. The van der Waals surface area contributed by atoms with E-state index in [2.05, 4.69) is 70.2 Å². The molecule has 85 heavy (non-hydrogen) atoms. The molecule has 4 heterocycles. The second-order valence-corrected chi connectivity index (χ2v) is 26.2. The van der Waals surface area contributed by atoms with Crippen LogP contribution in [0.2, 0.25) is 0 Å². The van der Waals surface area contributed by atoms with Gasteiger partial charge in [-0.2, -0.15) is 0 Å². The smallest absolute Gasteiger partial charge is 0.231 e. The van der Waals surface area contributed by atoms with E-state index in [1.165, 1.54) is 215 Å². The summed E-state index contributed by atoms with van der Waals surface area (Å²) in [5.74, 6) is 5.37. The molecule has 9 rings (SSSR count). The van der Waals surface area contributed by atoms with E-state index in [-0.39, 0.29) is 56.6 Å². The maximum Gasteiger partial charge on any atom is 0.231 e. The van der Waals surface area contributed by atoms with Crippen molar-refractivity contribution < 1.29 is 43.0 Å². The molecule has 4 aromatic carbocycles. The van der Waals surface area contributed by atoms with Crippen LogP contribution >= 0.6 is 0 Å². The van der Waals surface area contributed by atoms with Gasteiger partial charge in [-0.1, -0.05) is 259 Å². The van der Waals surface area contributed by atoms with E-state index in [4.69, 9.17) is 37.9 Å². The first-order valence-electron chi connectivity index (χ1n) is 35.5. The molecule has 1 N–H and O–H groups in total. The topological polar surface area (TPSA) is 94.1 Å². The zero-order valence-corrected chi connectivity index (χ0v) is 53.7. The van der Waals surface area contributed by atoms with E-state index in [0.717, 1.165) is 121 Å². The van der Waals surface area contributed by atoms with Crippen molar-refractivity contribution in [3.05, 3.63) is 87.0 Å². The molecule has 0 radical (unpaired) electrons. The molecule has 4 aliphatic heterocycles. The molecule has 4 unspecified atom stereocenters. The van der Waals surface area contributed by atoms with Gasteiger partial charge >= 0.3 is 0 Å². The van der Waals surface area contributed by atoms with E-state index in [0.29, 0.717) is 11.5 Å². The number of hydrogen-bond donors (Lipinski definition) is 1. The van der Waals surface area contributed by atoms with Crippen LogP contribution < -0.4 is 37.9 Å². The van der Waals surface area contributed by atoms with Crippen LogP contribution in [0.25, 0.3) is 0 Å². The summed E-state index contributed by atoms with van der Waals surface area (Å²) in [6.45, 7) is 9.15. The minimum absolute atomic E-state index is 0.0280. The Morgan fingerprint density at radius 2 is 0.435 bits per heavy atom. The van der Waals surface area contributed by atoms with Crippen LogP contribution in [-0.4, -0.2) is 32.3 Å². The molecule has 9 nitrogen and oxygen atoms in total. The molecule has 0 fully saturated rings. The van der Waals surface area contributed by atoms with Crippen molar-refractivity contribution >= 4 is 0 Å². The molecule has 5 aliphatic rings. The van der Waals surface area contributed by atoms with Gasteiger partial charge in [0.25, 0.3) is 0 Å². The minimum Gasteiger partial charge on any atom is -0.502 e. The highest BCUT2D eigenvalue weighted by atomic mass is 16.7. The van der Waals surface area contributed by atoms with Gasteiger partial charge < -0.3 is 43.0 Å². The van der Waals surface area contributed by atoms with Crippen LogP contribution in [0.3, 0.4) is 0 Å². The molecular weight excluding hydrogens is 1060 g/mol. The Morgan fingerprint density at radius 1 is 0.247 bits per heavy atom. The summed E-state index contributed by atoms with van der Waals surface area (Å²) < 4.78 is 54.1. The van der Waals surface area contributed by atoms with Crippen LogP contribution in [0.4, 0.5) is 0 Å². The molecule has 470 valence electrons. The molecule has 8 bridgehead atoms. The second-order valence-electron chi connectivity index (χ2n) is 26.2. The average Bonchev–Trinajstić information content (AvgIpc) is 3.64. The molecule has 0 amide bonds. The Balaban J connectivity index is 1.19. The number of rotatable bonds is 40. The van der Waals surface area contributed by atoms with Crippen molar-refractivity contribution in [1.29, 1.82) is 0 Å². The maximum absolute atomic E-state index is 13.0. The molecular formula is C76H112O9. The number of phenolic OH excluding ortho intramolecular Hbond substituents is 1. The monoisotopic (exact) mass is 1170 g/mol. The molecule has 4 aromatic rings. The average molecular weight is 1170 g/mol. The zero-order valence-electron chi connectivity index (χ0n) is 53.7. The number of aromatic hydroxyl groups is 1. The van der Waals surface area contributed by atoms with Crippen LogP contribution in [0.5, 0.6) is 51.7 Å². The van der Waals surface area contributed by atoms with E-state index in [9.17, 15) is 5.11 Å². The van der Waals surface area contributed by atoms with Crippen molar-refractivity contribution in [1.82, 2.24) is 0 Å². The van der Waals surface area contributed by atoms with Gasteiger partial charge in [0, 0.05) is 86.4 Å². The summed E-state index contributed by atoms with van der Waals surface area (Å²) in [5.41, 5.74) is 9.02. The van der Waals surface area contributed by atoms with Gasteiger partial charge in [-0.25, -0.2) is 0 Å². The fraction of sp³-hybridized carbons (Fsp3) is 0.684. The summed E-state index contributed by atoms with van der Waals surface area (Å²) in [6.07, 6.45) is 48.8. The first-order chi connectivity index (χ1) is 42.0. The van der Waals surface area contributed by atoms with Crippen molar-refractivity contribution in [3.8, 4) is 51.7 Å². The summed E-state index contributed by atoms with van der Waals surface area (Å²) in [4.78, 5) is 0. The normalized spacial score (nSPS) is 17.8. The van der Waals surface area contributed by atoms with E-state index < -0.39 is 0 Å². The highest BCUT2D eigenvalue weighted by Crippen LogP contribution is 2.57. The number of ether oxygens (including phenoxy) is 8. The lowest BCUT2D eigenvalue weighted by Crippen LogP contribution is -2.22. The fourth-order valence-corrected chi connectivity index (χ4v) is 14.8. The Kier molecular flexibility index (Phi) is 26.7. The van der Waals surface area contributed by atoms with E-state index in [1.54, 1.807) is 0 Å². The quantitative estimate of drug-likeness (QED) is 0.0437. The van der Waals surface area contributed by atoms with Gasteiger partial charge in [0.1, 0.15) is 34.5 Å². The Hall–Kier alpha value is -4.92. The zero-order chi connectivity index (χ0) is 58.8. The first-order valence-corrected chi connectivity index (χ1v) is 35.5. The van der Waals surface area contributed by atoms with Gasteiger partial charge in [0.2, 0.25) is 32.9 Å². The van der Waals surface area contributed by atoms with Gasteiger partial charge in [-0.05, 0) is 49.9 Å². The third kappa shape index (κ3) is 17.7. The fourth-order valence-electron chi connectivity index (χ4n) is 14.8. The number of phenols is 1. The lowest BCUT2D eigenvalue weighted by atomic mass is 9.76. The van der Waals surface area contributed by atoms with Gasteiger partial charge in [0.05, 0.1) is 0 Å². The predicted octanol–water partition coefficient (Wildman–Crippen LogP) is 22.8. The molecule has 0 saturated heterocycles. The van der Waals surface area contributed by atoms with Crippen molar-refractivity contribution in [2.45, 2.75) is 308 Å². The van der Waals surface area contributed by atoms with E-state index in [1.807, 2.05) is 0 Å². The van der Waals surface area contributed by atoms with Gasteiger partial charge in [-0.15, -0.1) is 0 Å². The summed E-state index contributed by atoms with van der Waals surface area (Å²) >= 11 is 0. The van der Waals surface area contributed by atoms with E-state index >= 15 is 0 Å².